The summed E-state index contributed by atoms with van der Waals surface area (Å²) in [6, 6.07) is 17.7. The number of carbonyl (C=O) groups is 2. The predicted octanol–water partition coefficient (Wildman–Crippen LogP) is 1.75. The summed E-state index contributed by atoms with van der Waals surface area (Å²) in [6.45, 7) is 1.92. The summed E-state index contributed by atoms with van der Waals surface area (Å²) in [5.74, 6) is -0.0947. The molecule has 0 bridgehead atoms. The molecule has 3 rings (SSSR count). The average molecular weight is 445 g/mol. The fourth-order valence-corrected chi connectivity index (χ4v) is 4.86. The van der Waals surface area contributed by atoms with Crippen LogP contribution in [0.4, 0.5) is 4.79 Å². The zero-order valence-corrected chi connectivity index (χ0v) is 18.4. The van der Waals surface area contributed by atoms with Gasteiger partial charge in [-0.25, -0.2) is 13.2 Å². The molecule has 31 heavy (non-hydrogen) atoms. The van der Waals surface area contributed by atoms with E-state index >= 15 is 0 Å². The van der Waals surface area contributed by atoms with E-state index in [2.05, 4.69) is 5.32 Å². The second-order valence-electron chi connectivity index (χ2n) is 7.42. The van der Waals surface area contributed by atoms with E-state index in [4.69, 9.17) is 0 Å². The van der Waals surface area contributed by atoms with E-state index in [1.165, 1.54) is 4.31 Å². The maximum absolute atomic E-state index is 12.7. The van der Waals surface area contributed by atoms with Crippen LogP contribution >= 0.6 is 0 Å². The third-order valence-electron chi connectivity index (χ3n) is 5.20. The zero-order valence-electron chi connectivity index (χ0n) is 17.6. The predicted molar refractivity (Wildman–Crippen MR) is 118 cm³/mol. The first-order chi connectivity index (χ1) is 14.9. The minimum Gasteiger partial charge on any atom is -0.340 e. The molecule has 1 heterocycles. The topological polar surface area (TPSA) is 90.0 Å². The highest BCUT2D eigenvalue weighted by Gasteiger charge is 2.29. The Morgan fingerprint density at radius 1 is 0.935 bits per heavy atom. The molecule has 8 nitrogen and oxygen atoms in total. The third-order valence-corrected chi connectivity index (χ3v) is 7.11. The van der Waals surface area contributed by atoms with Crippen LogP contribution in [0.15, 0.2) is 65.6 Å². The Balaban J connectivity index is 1.40. The van der Waals surface area contributed by atoms with Crippen LogP contribution < -0.4 is 5.32 Å². The van der Waals surface area contributed by atoms with Gasteiger partial charge in [0, 0.05) is 52.7 Å². The number of nitrogens with zero attached hydrogens (tertiary/aromatic N) is 3. The number of nitrogens with one attached hydrogen (secondary N) is 1. The zero-order chi connectivity index (χ0) is 22.3. The second-order valence-corrected chi connectivity index (χ2v) is 9.36. The lowest BCUT2D eigenvalue weighted by Crippen LogP contribution is -2.51. The minimum atomic E-state index is -3.54. The van der Waals surface area contributed by atoms with E-state index < -0.39 is 10.0 Å². The molecule has 2 aromatic rings. The van der Waals surface area contributed by atoms with E-state index in [1.54, 1.807) is 47.2 Å². The number of benzene rings is 2. The van der Waals surface area contributed by atoms with Gasteiger partial charge in [0.05, 0.1) is 4.90 Å². The number of piperazine rings is 1. The first kappa shape index (κ1) is 22.8. The molecular weight excluding hydrogens is 416 g/mol. The van der Waals surface area contributed by atoms with Gasteiger partial charge in [-0.2, -0.15) is 4.31 Å². The van der Waals surface area contributed by atoms with Gasteiger partial charge >= 0.3 is 6.03 Å². The molecule has 1 saturated heterocycles. The molecule has 0 radical (unpaired) electrons. The Kier molecular flexibility index (Phi) is 7.64. The normalized spacial score (nSPS) is 14.8. The molecule has 3 amide bonds. The van der Waals surface area contributed by atoms with Crippen molar-refractivity contribution in [3.05, 3.63) is 66.2 Å². The smallest absolute Gasteiger partial charge is 0.317 e. The summed E-state index contributed by atoms with van der Waals surface area (Å²) >= 11 is 0. The first-order valence-corrected chi connectivity index (χ1v) is 11.7. The number of carbonyl (C=O) groups excluding carboxylic acids is 2. The molecule has 1 fully saturated rings. The molecule has 1 N–H and O–H groups in total. The van der Waals surface area contributed by atoms with Crippen LogP contribution in [0.1, 0.15) is 12.0 Å². The van der Waals surface area contributed by atoms with Crippen LogP contribution in [0, 0.1) is 0 Å². The second kappa shape index (κ2) is 10.4. The van der Waals surface area contributed by atoms with E-state index in [0.29, 0.717) is 19.6 Å². The number of sulfonamides is 1. The van der Waals surface area contributed by atoms with E-state index in [1.807, 2.05) is 30.3 Å². The van der Waals surface area contributed by atoms with Crippen LogP contribution in [0.5, 0.6) is 0 Å². The van der Waals surface area contributed by atoms with Crippen LogP contribution in [-0.2, 0) is 21.4 Å². The van der Waals surface area contributed by atoms with Crippen molar-refractivity contribution in [2.75, 3.05) is 39.8 Å². The molecular formula is C22H28N4O4S. The van der Waals surface area contributed by atoms with Crippen LogP contribution in [0.25, 0.3) is 0 Å². The van der Waals surface area contributed by atoms with Crippen molar-refractivity contribution in [2.45, 2.75) is 17.9 Å². The van der Waals surface area contributed by atoms with Crippen LogP contribution in [0.3, 0.4) is 0 Å². The fourth-order valence-electron chi connectivity index (χ4n) is 3.42. The van der Waals surface area contributed by atoms with Crippen molar-refractivity contribution >= 4 is 22.0 Å². The van der Waals surface area contributed by atoms with Crippen molar-refractivity contribution in [1.82, 2.24) is 19.4 Å². The maximum Gasteiger partial charge on any atom is 0.317 e. The molecule has 0 unspecified atom stereocenters. The quantitative estimate of drug-likeness (QED) is 0.705. The molecule has 2 aromatic carbocycles. The van der Waals surface area contributed by atoms with E-state index in [0.717, 1.165) is 5.56 Å². The highest BCUT2D eigenvalue weighted by Crippen LogP contribution is 2.17. The van der Waals surface area contributed by atoms with Crippen molar-refractivity contribution < 1.29 is 18.0 Å². The van der Waals surface area contributed by atoms with Gasteiger partial charge in [-0.1, -0.05) is 48.5 Å². The van der Waals surface area contributed by atoms with Gasteiger partial charge in [-0.15, -0.1) is 0 Å². The highest BCUT2D eigenvalue weighted by atomic mass is 32.2. The Labute approximate surface area is 183 Å². The summed E-state index contributed by atoms with van der Waals surface area (Å²) < 4.78 is 26.8. The molecule has 0 aliphatic carbocycles. The average Bonchev–Trinajstić information content (AvgIpc) is 2.80. The molecule has 1 aliphatic heterocycles. The number of amides is 3. The summed E-state index contributed by atoms with van der Waals surface area (Å²) in [5, 5.41) is 2.76. The van der Waals surface area contributed by atoms with E-state index in [9.17, 15) is 18.0 Å². The van der Waals surface area contributed by atoms with Gasteiger partial charge in [0.1, 0.15) is 0 Å². The van der Waals surface area contributed by atoms with Crippen LogP contribution in [0.2, 0.25) is 0 Å². The fraction of sp³-hybridized carbons (Fsp3) is 0.364. The first-order valence-electron chi connectivity index (χ1n) is 10.2. The summed E-state index contributed by atoms with van der Waals surface area (Å²) in [6.07, 6.45) is 0.177. The van der Waals surface area contributed by atoms with Gasteiger partial charge in [0.2, 0.25) is 15.9 Å². The van der Waals surface area contributed by atoms with Crippen molar-refractivity contribution in [1.29, 1.82) is 0 Å². The van der Waals surface area contributed by atoms with E-state index in [-0.39, 0.29) is 42.9 Å². The lowest BCUT2D eigenvalue weighted by atomic mass is 10.2. The SMILES string of the molecule is CN(Cc1ccccc1)C(=O)NCCC(=O)N1CCN(S(=O)(=O)c2ccccc2)CC1. The molecule has 1 aliphatic rings. The van der Waals surface area contributed by atoms with Gasteiger partial charge < -0.3 is 15.1 Å². The molecule has 0 spiro atoms. The largest absolute Gasteiger partial charge is 0.340 e. The Morgan fingerprint density at radius 3 is 2.13 bits per heavy atom. The van der Waals surface area contributed by atoms with Gasteiger partial charge in [0.15, 0.2) is 0 Å². The molecule has 0 saturated carbocycles. The minimum absolute atomic E-state index is 0.0947. The maximum atomic E-state index is 12.7. The number of rotatable bonds is 7. The molecule has 0 aromatic heterocycles. The third kappa shape index (κ3) is 6.05. The summed E-state index contributed by atoms with van der Waals surface area (Å²) in [7, 11) is -1.84. The van der Waals surface area contributed by atoms with Gasteiger partial charge in [-0.3, -0.25) is 4.79 Å². The Bertz CT molecular complexity index is 975. The van der Waals surface area contributed by atoms with Gasteiger partial charge in [0.25, 0.3) is 0 Å². The summed E-state index contributed by atoms with van der Waals surface area (Å²) in [5.41, 5.74) is 1.03. The number of hydrogen-bond donors (Lipinski definition) is 1. The van der Waals surface area contributed by atoms with Gasteiger partial charge in [-0.05, 0) is 17.7 Å². The lowest BCUT2D eigenvalue weighted by molar-refractivity contribution is -0.132. The molecule has 0 atom stereocenters. The van der Waals surface area contributed by atoms with Crippen molar-refractivity contribution in [3.8, 4) is 0 Å². The van der Waals surface area contributed by atoms with Crippen molar-refractivity contribution in [3.63, 3.8) is 0 Å². The Morgan fingerprint density at radius 2 is 1.52 bits per heavy atom. The summed E-state index contributed by atoms with van der Waals surface area (Å²) in [4.78, 5) is 28.1. The van der Waals surface area contributed by atoms with Crippen LogP contribution in [-0.4, -0.2) is 74.2 Å². The Hall–Kier alpha value is -2.91. The highest BCUT2D eigenvalue weighted by molar-refractivity contribution is 7.89. The van der Waals surface area contributed by atoms with Crippen molar-refractivity contribution in [2.24, 2.45) is 0 Å². The molecule has 9 heteroatoms. The lowest BCUT2D eigenvalue weighted by Gasteiger charge is -2.34. The number of hydrogen-bond acceptors (Lipinski definition) is 4. The number of urea groups is 1. The monoisotopic (exact) mass is 444 g/mol. The standard InChI is InChI=1S/C22H28N4O4S/c1-24(18-19-8-4-2-5-9-19)22(28)23-13-12-21(27)25-14-16-26(17-15-25)31(29,30)20-10-6-3-7-11-20/h2-11H,12-18H2,1H3,(H,23,28). The molecule has 166 valence electrons.